The molecule has 1 fully saturated rings. The third-order valence-electron chi connectivity index (χ3n) is 6.12. The van der Waals surface area contributed by atoms with Gasteiger partial charge in [0.2, 0.25) is 0 Å². The van der Waals surface area contributed by atoms with Gasteiger partial charge >= 0.3 is 12.0 Å². The van der Waals surface area contributed by atoms with Crippen LogP contribution in [-0.2, 0) is 9.53 Å². The lowest BCUT2D eigenvalue weighted by Crippen LogP contribution is -2.51. The first-order chi connectivity index (χ1) is 17.0. The Morgan fingerprint density at radius 3 is 2.43 bits per heavy atom. The summed E-state index contributed by atoms with van der Waals surface area (Å²) in [6.07, 6.45) is 0. The maximum atomic E-state index is 13.3. The molecule has 4 rings (SSSR count). The molecule has 0 saturated carbocycles. The fraction of sp³-hybridized carbons (Fsp3) is 0.385. The molecule has 2 heterocycles. The predicted molar refractivity (Wildman–Crippen MR) is 131 cm³/mol. The lowest BCUT2D eigenvalue weighted by atomic mass is 9.94. The maximum Gasteiger partial charge on any atom is 0.338 e. The van der Waals surface area contributed by atoms with Gasteiger partial charge in [-0.3, -0.25) is 4.90 Å². The first kappa shape index (κ1) is 24.5. The maximum absolute atomic E-state index is 13.3. The van der Waals surface area contributed by atoms with Crippen LogP contribution in [0.25, 0.3) is 0 Å². The summed E-state index contributed by atoms with van der Waals surface area (Å²) in [6.45, 7) is 7.65. The number of halogens is 1. The van der Waals surface area contributed by atoms with E-state index in [0.29, 0.717) is 35.7 Å². The average molecular weight is 483 g/mol. The summed E-state index contributed by atoms with van der Waals surface area (Å²) >= 11 is 0. The SMILES string of the molecule is CCOC(=O)C1=C(CN2CCN(c3ccc(F)cc3)CC2)NC(=O)N[C@H]1c1ccccc1OCC. The number of carbonyl (C=O) groups is 2. The van der Waals surface area contributed by atoms with Gasteiger partial charge in [0.15, 0.2) is 0 Å². The zero-order valence-electron chi connectivity index (χ0n) is 20.1. The second-order valence-corrected chi connectivity index (χ2v) is 8.35. The summed E-state index contributed by atoms with van der Waals surface area (Å²) in [5, 5.41) is 5.72. The van der Waals surface area contributed by atoms with Crippen molar-refractivity contribution in [2.75, 3.05) is 50.8 Å². The van der Waals surface area contributed by atoms with Gasteiger partial charge in [-0.2, -0.15) is 0 Å². The van der Waals surface area contributed by atoms with E-state index in [-0.39, 0.29) is 18.5 Å². The van der Waals surface area contributed by atoms with Crippen molar-refractivity contribution in [3.8, 4) is 5.75 Å². The molecule has 0 unspecified atom stereocenters. The standard InChI is InChI=1S/C26H31FN4O4/c1-3-34-22-8-6-5-7-20(22)24-23(25(32)35-4-2)21(28-26(33)29-24)17-30-13-15-31(16-14-30)19-11-9-18(27)10-12-19/h5-12,24H,3-4,13-17H2,1-2H3,(H2,28,29,33)/t24-/m0/s1. The summed E-state index contributed by atoms with van der Waals surface area (Å²) in [4.78, 5) is 30.1. The summed E-state index contributed by atoms with van der Waals surface area (Å²) in [7, 11) is 0. The van der Waals surface area contributed by atoms with E-state index in [4.69, 9.17) is 9.47 Å². The molecular formula is C26H31FN4O4. The number of ether oxygens (including phenoxy) is 2. The predicted octanol–water partition coefficient (Wildman–Crippen LogP) is 3.22. The molecule has 2 aromatic carbocycles. The van der Waals surface area contributed by atoms with Crippen molar-refractivity contribution in [2.24, 2.45) is 0 Å². The van der Waals surface area contributed by atoms with E-state index in [1.807, 2.05) is 31.2 Å². The van der Waals surface area contributed by atoms with E-state index >= 15 is 0 Å². The first-order valence-corrected chi connectivity index (χ1v) is 11.9. The number of nitrogens with zero attached hydrogens (tertiary/aromatic N) is 2. The molecule has 0 aliphatic carbocycles. The van der Waals surface area contributed by atoms with E-state index in [1.54, 1.807) is 19.1 Å². The molecule has 0 spiro atoms. The second-order valence-electron chi connectivity index (χ2n) is 8.35. The summed E-state index contributed by atoms with van der Waals surface area (Å²) in [6, 6.07) is 12.8. The third kappa shape index (κ3) is 5.74. The molecule has 8 nitrogen and oxygen atoms in total. The van der Waals surface area contributed by atoms with Crippen LogP contribution in [0.4, 0.5) is 14.9 Å². The van der Waals surface area contributed by atoms with Crippen LogP contribution >= 0.6 is 0 Å². The highest BCUT2D eigenvalue weighted by Gasteiger charge is 2.36. The number of rotatable bonds is 8. The van der Waals surface area contributed by atoms with Gasteiger partial charge in [-0.15, -0.1) is 0 Å². The summed E-state index contributed by atoms with van der Waals surface area (Å²) in [5.41, 5.74) is 2.57. The highest BCUT2D eigenvalue weighted by Crippen LogP contribution is 2.34. The number of urea groups is 1. The molecular weight excluding hydrogens is 451 g/mol. The lowest BCUT2D eigenvalue weighted by molar-refractivity contribution is -0.139. The largest absolute Gasteiger partial charge is 0.494 e. The van der Waals surface area contributed by atoms with Gasteiger partial charge < -0.3 is 25.0 Å². The summed E-state index contributed by atoms with van der Waals surface area (Å²) < 4.78 is 24.4. The highest BCUT2D eigenvalue weighted by atomic mass is 19.1. The average Bonchev–Trinajstić information content (AvgIpc) is 2.85. The molecule has 0 bridgehead atoms. The first-order valence-electron chi connectivity index (χ1n) is 11.9. The van der Waals surface area contributed by atoms with Crippen LogP contribution in [-0.4, -0.2) is 62.8 Å². The summed E-state index contributed by atoms with van der Waals surface area (Å²) in [5.74, 6) is -0.125. The Labute approximate surface area is 204 Å². The van der Waals surface area contributed by atoms with Gasteiger partial charge in [0.1, 0.15) is 11.6 Å². The van der Waals surface area contributed by atoms with Crippen molar-refractivity contribution in [3.05, 3.63) is 71.2 Å². The molecule has 0 aromatic heterocycles. The van der Waals surface area contributed by atoms with Crippen molar-refractivity contribution < 1.29 is 23.5 Å². The fourth-order valence-electron chi connectivity index (χ4n) is 4.47. The van der Waals surface area contributed by atoms with E-state index in [1.165, 1.54) is 12.1 Å². The Morgan fingerprint density at radius 1 is 1.03 bits per heavy atom. The van der Waals surface area contributed by atoms with E-state index in [9.17, 15) is 14.0 Å². The Kier molecular flexibility index (Phi) is 7.87. The number of nitrogens with one attached hydrogen (secondary N) is 2. The number of esters is 1. The normalized spacial score (nSPS) is 18.7. The minimum absolute atomic E-state index is 0.222. The zero-order valence-corrected chi connectivity index (χ0v) is 20.1. The fourth-order valence-corrected chi connectivity index (χ4v) is 4.47. The number of carbonyl (C=O) groups excluding carboxylic acids is 2. The van der Waals surface area contributed by atoms with Gasteiger partial charge in [0.25, 0.3) is 0 Å². The molecule has 2 amide bonds. The Hall–Kier alpha value is -3.59. The topological polar surface area (TPSA) is 83.1 Å². The van der Waals surface area contributed by atoms with Crippen LogP contribution in [0.3, 0.4) is 0 Å². The van der Waals surface area contributed by atoms with Crippen LogP contribution in [0.2, 0.25) is 0 Å². The Morgan fingerprint density at radius 2 is 1.74 bits per heavy atom. The smallest absolute Gasteiger partial charge is 0.338 e. The van der Waals surface area contributed by atoms with Gasteiger partial charge in [-0.25, -0.2) is 14.0 Å². The zero-order chi connectivity index (χ0) is 24.8. The van der Waals surface area contributed by atoms with Crippen LogP contribution in [0.1, 0.15) is 25.5 Å². The van der Waals surface area contributed by atoms with Crippen LogP contribution in [0.5, 0.6) is 5.75 Å². The number of hydrogen-bond acceptors (Lipinski definition) is 6. The van der Waals surface area contributed by atoms with Crippen LogP contribution in [0.15, 0.2) is 59.8 Å². The minimum atomic E-state index is -0.693. The second kappa shape index (κ2) is 11.2. The van der Waals surface area contributed by atoms with E-state index in [0.717, 1.165) is 31.9 Å². The number of hydrogen-bond donors (Lipinski definition) is 2. The van der Waals surface area contributed by atoms with Gasteiger partial charge in [-0.05, 0) is 44.2 Å². The molecule has 2 N–H and O–H groups in total. The molecule has 1 atom stereocenters. The monoisotopic (exact) mass is 482 g/mol. The molecule has 1 saturated heterocycles. The van der Waals surface area contributed by atoms with Gasteiger partial charge in [-0.1, -0.05) is 18.2 Å². The quantitative estimate of drug-likeness (QED) is 0.563. The number of amides is 2. The van der Waals surface area contributed by atoms with E-state index < -0.39 is 12.0 Å². The molecule has 186 valence electrons. The van der Waals surface area contributed by atoms with Crippen molar-refractivity contribution in [1.29, 1.82) is 0 Å². The molecule has 2 aliphatic rings. The number of anilines is 1. The number of para-hydroxylation sites is 1. The molecule has 2 aromatic rings. The van der Waals surface area contributed by atoms with E-state index in [2.05, 4.69) is 20.4 Å². The molecule has 2 aliphatic heterocycles. The Bertz CT molecular complexity index is 1080. The number of piperazine rings is 1. The molecule has 35 heavy (non-hydrogen) atoms. The Balaban J connectivity index is 1.58. The minimum Gasteiger partial charge on any atom is -0.494 e. The van der Waals surface area contributed by atoms with Crippen molar-refractivity contribution in [2.45, 2.75) is 19.9 Å². The highest BCUT2D eigenvalue weighted by molar-refractivity contribution is 5.95. The van der Waals surface area contributed by atoms with Crippen molar-refractivity contribution in [3.63, 3.8) is 0 Å². The molecule has 0 radical (unpaired) electrons. The van der Waals surface area contributed by atoms with Gasteiger partial charge in [0.05, 0.1) is 24.8 Å². The van der Waals surface area contributed by atoms with Crippen LogP contribution < -0.4 is 20.3 Å². The third-order valence-corrected chi connectivity index (χ3v) is 6.12. The van der Waals surface area contributed by atoms with Crippen molar-refractivity contribution in [1.82, 2.24) is 15.5 Å². The lowest BCUT2D eigenvalue weighted by Gasteiger charge is -2.38. The van der Waals surface area contributed by atoms with Crippen LogP contribution in [0, 0.1) is 5.82 Å². The van der Waals surface area contributed by atoms with Crippen molar-refractivity contribution >= 4 is 17.7 Å². The van der Waals surface area contributed by atoms with Gasteiger partial charge in [0, 0.05) is 49.7 Å². The number of benzene rings is 2. The molecule has 9 heteroatoms.